The van der Waals surface area contributed by atoms with E-state index in [9.17, 15) is 13.2 Å². The van der Waals surface area contributed by atoms with Gasteiger partial charge in [0.1, 0.15) is 5.75 Å². The molecular formula is C26H27BrN2O4S. The van der Waals surface area contributed by atoms with Gasteiger partial charge in [0.05, 0.1) is 28.7 Å². The molecule has 3 aromatic rings. The number of anilines is 1. The van der Waals surface area contributed by atoms with Crippen LogP contribution in [0.2, 0.25) is 0 Å². The summed E-state index contributed by atoms with van der Waals surface area (Å²) in [6.45, 7) is 3.67. The van der Waals surface area contributed by atoms with Gasteiger partial charge in [0.15, 0.2) is 0 Å². The van der Waals surface area contributed by atoms with Gasteiger partial charge in [-0.25, -0.2) is 8.42 Å². The summed E-state index contributed by atoms with van der Waals surface area (Å²) in [4.78, 5) is 14.7. The van der Waals surface area contributed by atoms with E-state index in [0.29, 0.717) is 21.5 Å². The Kier molecular flexibility index (Phi) is 7.28. The number of ether oxygens (including phenoxy) is 1. The first-order valence-corrected chi connectivity index (χ1v) is 13.3. The van der Waals surface area contributed by atoms with Gasteiger partial charge in [-0.15, -0.1) is 0 Å². The minimum Gasteiger partial charge on any atom is -0.496 e. The first-order chi connectivity index (χ1) is 16.3. The smallest absolute Gasteiger partial charge is 0.264 e. The number of likely N-dealkylation sites (tertiary alicyclic amines) is 1. The third-order valence-corrected chi connectivity index (χ3v) is 8.34. The van der Waals surface area contributed by atoms with Crippen molar-refractivity contribution in [3.63, 3.8) is 0 Å². The highest BCUT2D eigenvalue weighted by atomic mass is 79.9. The Labute approximate surface area is 209 Å². The minimum atomic E-state index is -3.88. The summed E-state index contributed by atoms with van der Waals surface area (Å²) in [5, 5.41) is 0. The highest BCUT2D eigenvalue weighted by molar-refractivity contribution is 9.10. The molecule has 6 nitrogen and oxygen atoms in total. The van der Waals surface area contributed by atoms with Crippen LogP contribution in [-0.4, -0.2) is 39.4 Å². The van der Waals surface area contributed by atoms with Crippen LogP contribution < -0.4 is 9.04 Å². The molecule has 1 aliphatic rings. The van der Waals surface area contributed by atoms with Crippen molar-refractivity contribution < 1.29 is 17.9 Å². The summed E-state index contributed by atoms with van der Waals surface area (Å²) in [7, 11) is -2.35. The van der Waals surface area contributed by atoms with E-state index in [2.05, 4.69) is 15.9 Å². The molecule has 1 amide bonds. The molecule has 0 radical (unpaired) electrons. The predicted molar refractivity (Wildman–Crippen MR) is 137 cm³/mol. The molecule has 0 saturated carbocycles. The molecule has 0 unspecified atom stereocenters. The number of rotatable bonds is 7. The molecule has 1 aliphatic heterocycles. The summed E-state index contributed by atoms with van der Waals surface area (Å²) < 4.78 is 34.6. The van der Waals surface area contributed by atoms with Gasteiger partial charge in [0.2, 0.25) is 0 Å². The standard InChI is InChI=1S/C26H27BrN2O4S/c1-19-5-11-22(12-6-19)29(34(31,32)23-13-14-25(33-2)24(27)17-23)18-20-7-9-21(10-8-20)26(30)28-15-3-4-16-28/h5-14,17H,3-4,15-16,18H2,1-2H3. The Morgan fingerprint density at radius 2 is 1.65 bits per heavy atom. The molecule has 4 rings (SSSR count). The molecule has 0 atom stereocenters. The van der Waals surface area contributed by atoms with Gasteiger partial charge in [-0.3, -0.25) is 9.10 Å². The zero-order chi connectivity index (χ0) is 24.3. The summed E-state index contributed by atoms with van der Waals surface area (Å²) in [6.07, 6.45) is 2.07. The van der Waals surface area contributed by atoms with Gasteiger partial charge in [-0.1, -0.05) is 29.8 Å². The lowest BCUT2D eigenvalue weighted by molar-refractivity contribution is 0.0793. The summed E-state index contributed by atoms with van der Waals surface area (Å²) >= 11 is 3.39. The van der Waals surface area contributed by atoms with Gasteiger partial charge in [-0.2, -0.15) is 0 Å². The largest absolute Gasteiger partial charge is 0.496 e. The normalized spacial score (nSPS) is 13.7. The molecule has 0 aliphatic carbocycles. The maximum atomic E-state index is 13.7. The number of aryl methyl sites for hydroxylation is 1. The molecule has 1 heterocycles. The van der Waals surface area contributed by atoms with E-state index in [4.69, 9.17) is 4.74 Å². The molecule has 0 N–H and O–H groups in total. The highest BCUT2D eigenvalue weighted by Crippen LogP contribution is 2.32. The predicted octanol–water partition coefficient (Wildman–Crippen LogP) is 5.40. The SMILES string of the molecule is COc1ccc(S(=O)(=O)N(Cc2ccc(C(=O)N3CCCC3)cc2)c2ccc(C)cc2)cc1Br. The summed E-state index contributed by atoms with van der Waals surface area (Å²) in [5.41, 5.74) is 3.01. The number of hydrogen-bond acceptors (Lipinski definition) is 4. The fourth-order valence-electron chi connectivity index (χ4n) is 3.98. The Hall–Kier alpha value is -2.84. The molecule has 0 spiro atoms. The molecular weight excluding hydrogens is 516 g/mol. The highest BCUT2D eigenvalue weighted by Gasteiger charge is 2.26. The number of benzene rings is 3. The number of hydrogen-bond donors (Lipinski definition) is 0. The van der Waals surface area contributed by atoms with Crippen molar-refractivity contribution in [2.75, 3.05) is 24.5 Å². The van der Waals surface area contributed by atoms with Crippen LogP contribution >= 0.6 is 15.9 Å². The van der Waals surface area contributed by atoms with E-state index >= 15 is 0 Å². The fourth-order valence-corrected chi connectivity index (χ4v) is 6.15. The lowest BCUT2D eigenvalue weighted by Crippen LogP contribution is -2.31. The van der Waals surface area contributed by atoms with E-state index < -0.39 is 10.0 Å². The molecule has 1 saturated heterocycles. The zero-order valence-corrected chi connectivity index (χ0v) is 21.6. The monoisotopic (exact) mass is 542 g/mol. The lowest BCUT2D eigenvalue weighted by atomic mass is 10.1. The number of nitrogens with zero attached hydrogens (tertiary/aromatic N) is 2. The topological polar surface area (TPSA) is 66.9 Å². The number of sulfonamides is 1. The van der Waals surface area contributed by atoms with Crippen LogP contribution in [0, 0.1) is 6.92 Å². The second kappa shape index (κ2) is 10.2. The molecule has 3 aromatic carbocycles. The Bertz CT molecular complexity index is 1270. The Morgan fingerprint density at radius 3 is 2.24 bits per heavy atom. The van der Waals surface area contributed by atoms with Crippen molar-refractivity contribution >= 4 is 37.5 Å². The van der Waals surface area contributed by atoms with Crippen LogP contribution in [-0.2, 0) is 16.6 Å². The van der Waals surface area contributed by atoms with Crippen molar-refractivity contribution in [3.8, 4) is 5.75 Å². The minimum absolute atomic E-state index is 0.0233. The third kappa shape index (κ3) is 5.13. The molecule has 34 heavy (non-hydrogen) atoms. The average Bonchev–Trinajstić information content (AvgIpc) is 3.38. The van der Waals surface area contributed by atoms with Gasteiger partial charge >= 0.3 is 0 Å². The summed E-state index contributed by atoms with van der Waals surface area (Å²) in [5.74, 6) is 0.578. The number of carbonyl (C=O) groups excluding carboxylic acids is 1. The molecule has 1 fully saturated rings. The number of methoxy groups -OCH3 is 1. The van der Waals surface area contributed by atoms with Crippen molar-refractivity contribution in [2.45, 2.75) is 31.2 Å². The first kappa shape index (κ1) is 24.3. The molecule has 8 heteroatoms. The second-order valence-corrected chi connectivity index (χ2v) is 11.1. The molecule has 178 valence electrons. The van der Waals surface area contributed by atoms with Gasteiger partial charge in [0.25, 0.3) is 15.9 Å². The van der Waals surface area contributed by atoms with Crippen molar-refractivity contribution in [1.29, 1.82) is 0 Å². The van der Waals surface area contributed by atoms with Crippen molar-refractivity contribution in [3.05, 3.63) is 87.9 Å². The Morgan fingerprint density at radius 1 is 1.00 bits per heavy atom. The van der Waals surface area contributed by atoms with Crippen LogP contribution in [0.15, 0.2) is 76.1 Å². The van der Waals surface area contributed by atoms with E-state index in [1.807, 2.05) is 36.1 Å². The third-order valence-electron chi connectivity index (χ3n) is 5.95. The van der Waals surface area contributed by atoms with Crippen LogP contribution in [0.4, 0.5) is 5.69 Å². The van der Waals surface area contributed by atoms with Gasteiger partial charge in [-0.05, 0) is 83.7 Å². The number of carbonyl (C=O) groups is 1. The Balaban J connectivity index is 1.66. The second-order valence-electron chi connectivity index (χ2n) is 8.34. The van der Waals surface area contributed by atoms with Crippen molar-refractivity contribution in [2.24, 2.45) is 0 Å². The number of amides is 1. The van der Waals surface area contributed by atoms with Crippen LogP contribution in [0.3, 0.4) is 0 Å². The zero-order valence-electron chi connectivity index (χ0n) is 19.2. The van der Waals surface area contributed by atoms with Crippen molar-refractivity contribution in [1.82, 2.24) is 4.90 Å². The van der Waals surface area contributed by atoms with Gasteiger partial charge < -0.3 is 9.64 Å². The molecule has 0 aromatic heterocycles. The van der Waals surface area contributed by atoms with Gasteiger partial charge in [0, 0.05) is 18.7 Å². The van der Waals surface area contributed by atoms with Crippen LogP contribution in [0.1, 0.15) is 34.3 Å². The maximum Gasteiger partial charge on any atom is 0.264 e. The van der Waals surface area contributed by atoms with Crippen LogP contribution in [0.5, 0.6) is 5.75 Å². The average molecular weight is 543 g/mol. The fraction of sp³-hybridized carbons (Fsp3) is 0.269. The van der Waals surface area contributed by atoms with Crippen LogP contribution in [0.25, 0.3) is 0 Å². The number of halogens is 1. The maximum absolute atomic E-state index is 13.7. The van der Waals surface area contributed by atoms with E-state index in [-0.39, 0.29) is 17.3 Å². The van der Waals surface area contributed by atoms with E-state index in [0.717, 1.165) is 37.1 Å². The van der Waals surface area contributed by atoms with E-state index in [1.165, 1.54) is 17.5 Å². The first-order valence-electron chi connectivity index (χ1n) is 11.1. The summed E-state index contributed by atoms with van der Waals surface area (Å²) in [6, 6.07) is 19.3. The molecule has 0 bridgehead atoms. The quantitative estimate of drug-likeness (QED) is 0.401. The van der Waals surface area contributed by atoms with E-state index in [1.54, 1.807) is 36.4 Å². The lowest BCUT2D eigenvalue weighted by Gasteiger charge is -2.25.